The van der Waals surface area contributed by atoms with Gasteiger partial charge in [0.15, 0.2) is 0 Å². The summed E-state index contributed by atoms with van der Waals surface area (Å²) in [5, 5.41) is 26.6. The van der Waals surface area contributed by atoms with Gasteiger partial charge in [-0.1, -0.05) is 60.7 Å². The topological polar surface area (TPSA) is 86.7 Å². The first kappa shape index (κ1) is 31.2. The van der Waals surface area contributed by atoms with E-state index in [1.54, 1.807) is 0 Å². The lowest BCUT2D eigenvalue weighted by Crippen LogP contribution is -2.71. The van der Waals surface area contributed by atoms with E-state index in [1.807, 2.05) is 36.4 Å². The summed E-state index contributed by atoms with van der Waals surface area (Å²) in [5.41, 5.74) is -1.54. The fraction of sp³-hybridized carbons (Fsp3) is 0.600. The lowest BCUT2D eigenvalue weighted by molar-refractivity contribution is -0.355. The van der Waals surface area contributed by atoms with Gasteiger partial charge in [0.25, 0.3) is 0 Å². The quantitative estimate of drug-likeness (QED) is 0.445. The number of carbonyl (C=O) groups excluding carboxylic acids is 2. The summed E-state index contributed by atoms with van der Waals surface area (Å²) < 4.78 is 0. The number of hydrogen-bond acceptors (Lipinski definition) is 6. The van der Waals surface area contributed by atoms with Crippen LogP contribution in [-0.2, 0) is 22.7 Å². The maximum atomic E-state index is 13.3. The molecule has 0 amide bonds. The summed E-state index contributed by atoms with van der Waals surface area (Å²) in [5.74, 6) is -4.27. The molecule has 0 aliphatic carbocycles. The molecule has 0 radical (unpaired) electrons. The molecule has 2 aliphatic heterocycles. The van der Waals surface area contributed by atoms with Gasteiger partial charge in [0.2, 0.25) is 0 Å². The highest BCUT2D eigenvalue weighted by Crippen LogP contribution is 2.56. The Hall–Kier alpha value is -2.70. The predicted molar refractivity (Wildman–Crippen MR) is 158 cm³/mol. The van der Waals surface area contributed by atoms with E-state index in [2.05, 4.69) is 89.5 Å². The number of nitrogens with zero attached hydrogens (tertiary/aromatic N) is 2. The molecule has 2 aromatic carbocycles. The number of carbonyl (C=O) groups is 2. The van der Waals surface area contributed by atoms with Gasteiger partial charge in [0.05, 0.1) is 17.4 Å². The molecule has 6 nitrogen and oxygen atoms in total. The van der Waals surface area contributed by atoms with Crippen molar-refractivity contribution < 1.29 is 19.8 Å². The maximum absolute atomic E-state index is 13.3. The van der Waals surface area contributed by atoms with Crippen molar-refractivity contribution in [3.8, 4) is 0 Å². The Morgan fingerprint density at radius 3 is 1.12 bits per heavy atom. The normalized spacial score (nSPS) is 23.2. The molecule has 0 N–H and O–H groups in total. The third-order valence-corrected chi connectivity index (χ3v) is 10.2. The van der Waals surface area contributed by atoms with Crippen molar-refractivity contribution in [3.63, 3.8) is 0 Å². The van der Waals surface area contributed by atoms with Crippen LogP contribution in [-0.4, -0.2) is 43.9 Å². The van der Waals surface area contributed by atoms with E-state index in [1.165, 1.54) is 11.1 Å². The second kappa shape index (κ2) is 10.9. The highest BCUT2D eigenvalue weighted by atomic mass is 16.4. The van der Waals surface area contributed by atoms with Gasteiger partial charge in [-0.2, -0.15) is 0 Å². The number of rotatable bonds is 8. The molecule has 2 saturated heterocycles. The Labute approximate surface area is 246 Å². The summed E-state index contributed by atoms with van der Waals surface area (Å²) in [6, 6.07) is 20.5. The largest absolute Gasteiger partial charge is 0.549 e. The number of aliphatic carboxylic acids is 2. The van der Waals surface area contributed by atoms with E-state index in [0.29, 0.717) is 38.8 Å². The van der Waals surface area contributed by atoms with Crippen molar-refractivity contribution in [2.45, 2.75) is 116 Å². The Bertz CT molecular complexity index is 1100. The van der Waals surface area contributed by atoms with Crippen molar-refractivity contribution in [2.75, 3.05) is 0 Å². The van der Waals surface area contributed by atoms with E-state index < -0.39 is 51.3 Å². The standard InChI is InChI=1S/C35H50N2O4/c1-31(2)19-27(20-32(3,4)36(31)23-25-15-11-9-12-16-25)35(29(38)39,30(40)41)28-21-33(5,6)37(34(7,8)22-28)24-26-17-13-10-14-18-26/h9-18,27-28H,19-24H2,1-8H3,(H,38,39)(H,40,41)/p-2. The molecule has 41 heavy (non-hydrogen) atoms. The van der Waals surface area contributed by atoms with Crippen molar-refractivity contribution in [3.05, 3.63) is 71.8 Å². The van der Waals surface area contributed by atoms with Crippen molar-refractivity contribution in [1.82, 2.24) is 9.80 Å². The van der Waals surface area contributed by atoms with Crippen LogP contribution in [0.15, 0.2) is 60.7 Å². The summed E-state index contributed by atoms with van der Waals surface area (Å²) in [6.45, 7) is 18.3. The van der Waals surface area contributed by atoms with Crippen molar-refractivity contribution in [2.24, 2.45) is 17.3 Å². The van der Waals surface area contributed by atoms with Crippen LogP contribution in [0.4, 0.5) is 0 Å². The van der Waals surface area contributed by atoms with Gasteiger partial charge in [-0.25, -0.2) is 0 Å². The van der Waals surface area contributed by atoms with Gasteiger partial charge < -0.3 is 19.8 Å². The minimum atomic E-state index is -2.10. The Balaban J connectivity index is 1.71. The third kappa shape index (κ3) is 5.83. The molecule has 2 heterocycles. The number of carboxylic acids is 2. The monoisotopic (exact) mass is 560 g/mol. The zero-order valence-electron chi connectivity index (χ0n) is 26.2. The van der Waals surface area contributed by atoms with Crippen molar-refractivity contribution in [1.29, 1.82) is 0 Å². The molecule has 2 aliphatic rings. The Morgan fingerprint density at radius 1 is 0.610 bits per heavy atom. The van der Waals surface area contributed by atoms with Gasteiger partial charge in [-0.15, -0.1) is 0 Å². The molecule has 0 saturated carbocycles. The minimum Gasteiger partial charge on any atom is -0.549 e. The number of benzene rings is 2. The highest BCUT2D eigenvalue weighted by Gasteiger charge is 2.59. The van der Waals surface area contributed by atoms with E-state index >= 15 is 0 Å². The molecule has 0 atom stereocenters. The smallest absolute Gasteiger partial charge is 0.0553 e. The van der Waals surface area contributed by atoms with E-state index in [4.69, 9.17) is 0 Å². The molecule has 2 aromatic rings. The van der Waals surface area contributed by atoms with Gasteiger partial charge in [0.1, 0.15) is 0 Å². The first-order chi connectivity index (χ1) is 18.9. The van der Waals surface area contributed by atoms with E-state index in [-0.39, 0.29) is 0 Å². The minimum absolute atomic E-state index is 0.427. The number of carboxylic acid groups (broad SMARTS) is 2. The fourth-order valence-electron chi connectivity index (χ4n) is 8.75. The van der Waals surface area contributed by atoms with Crippen molar-refractivity contribution >= 4 is 11.9 Å². The molecule has 0 spiro atoms. The van der Waals surface area contributed by atoms with Crippen LogP contribution < -0.4 is 10.2 Å². The van der Waals surface area contributed by atoms with Crippen LogP contribution in [0.5, 0.6) is 0 Å². The fourth-order valence-corrected chi connectivity index (χ4v) is 8.75. The Morgan fingerprint density at radius 2 is 0.878 bits per heavy atom. The summed E-state index contributed by atoms with van der Waals surface area (Å²) in [4.78, 5) is 31.4. The van der Waals surface area contributed by atoms with E-state index in [0.717, 1.165) is 0 Å². The van der Waals surface area contributed by atoms with Gasteiger partial charge >= 0.3 is 0 Å². The van der Waals surface area contributed by atoms with Crippen LogP contribution in [0, 0.1) is 17.3 Å². The van der Waals surface area contributed by atoms with Gasteiger partial charge in [-0.3, -0.25) is 9.80 Å². The van der Waals surface area contributed by atoms with E-state index in [9.17, 15) is 19.8 Å². The molecule has 0 unspecified atom stereocenters. The lowest BCUT2D eigenvalue weighted by Gasteiger charge is -2.64. The SMILES string of the molecule is CC1(C)CC(C(C(=O)[O-])(C(=O)[O-])C2CC(C)(C)N(Cc3ccccc3)C(C)(C)C2)CC(C)(C)N1Cc1ccccc1. The first-order valence-corrected chi connectivity index (χ1v) is 15.0. The Kier molecular flexibility index (Phi) is 8.27. The maximum Gasteiger partial charge on any atom is 0.0553 e. The molecule has 6 heteroatoms. The summed E-state index contributed by atoms with van der Waals surface area (Å²) >= 11 is 0. The molecule has 0 bridgehead atoms. The van der Waals surface area contributed by atoms with Gasteiger partial charge in [-0.05, 0) is 104 Å². The first-order valence-electron chi connectivity index (χ1n) is 15.0. The summed E-state index contributed by atoms with van der Waals surface area (Å²) in [6.07, 6.45) is 1.71. The lowest BCUT2D eigenvalue weighted by atomic mass is 9.53. The second-order valence-corrected chi connectivity index (χ2v) is 15.0. The second-order valence-electron chi connectivity index (χ2n) is 15.0. The van der Waals surface area contributed by atoms with Crippen LogP contribution in [0.2, 0.25) is 0 Å². The van der Waals surface area contributed by atoms with Crippen LogP contribution in [0.25, 0.3) is 0 Å². The molecule has 224 valence electrons. The molecule has 2 fully saturated rings. The van der Waals surface area contributed by atoms with Crippen LogP contribution in [0.3, 0.4) is 0 Å². The number of hydrogen-bond donors (Lipinski definition) is 0. The van der Waals surface area contributed by atoms with Crippen LogP contribution in [0.1, 0.15) is 92.2 Å². The third-order valence-electron chi connectivity index (χ3n) is 10.2. The summed E-state index contributed by atoms with van der Waals surface area (Å²) in [7, 11) is 0. The van der Waals surface area contributed by atoms with Crippen LogP contribution >= 0.6 is 0 Å². The average molecular weight is 561 g/mol. The number of piperidine rings is 2. The zero-order chi connectivity index (χ0) is 30.4. The molecule has 4 rings (SSSR count). The highest BCUT2D eigenvalue weighted by molar-refractivity contribution is 5.97. The molecular weight excluding hydrogens is 512 g/mol. The average Bonchev–Trinajstić information content (AvgIpc) is 2.84. The number of likely N-dealkylation sites (tertiary alicyclic amines) is 2. The zero-order valence-corrected chi connectivity index (χ0v) is 26.2. The predicted octanol–water partition coefficient (Wildman–Crippen LogP) is 4.41. The molecular formula is C35H48N2O4-2. The molecule has 0 aromatic heterocycles. The van der Waals surface area contributed by atoms with Gasteiger partial charge in [0, 0.05) is 35.2 Å².